The summed E-state index contributed by atoms with van der Waals surface area (Å²) in [6.45, 7) is 0. The van der Waals surface area contributed by atoms with Gasteiger partial charge in [-0.3, -0.25) is 4.57 Å². The molecule has 0 N–H and O–H groups in total. The molecule has 0 spiro atoms. The molecule has 1 unspecified atom stereocenters. The Morgan fingerprint density at radius 1 is 1.47 bits per heavy atom. The number of benzene rings is 1. The molecule has 0 saturated heterocycles. The number of alkyl halides is 1. The van der Waals surface area contributed by atoms with Crippen molar-refractivity contribution in [1.82, 2.24) is 4.57 Å². The zero-order valence-corrected chi connectivity index (χ0v) is 11.2. The highest BCUT2D eigenvalue weighted by Gasteiger charge is 2.26. The van der Waals surface area contributed by atoms with Gasteiger partial charge in [0, 0.05) is 11.9 Å². The van der Waals surface area contributed by atoms with Gasteiger partial charge in [-0.25, -0.2) is 4.79 Å². The molecule has 90 valence electrons. The first-order valence-electron chi connectivity index (χ1n) is 5.90. The van der Waals surface area contributed by atoms with Crippen molar-refractivity contribution < 1.29 is 4.42 Å². The van der Waals surface area contributed by atoms with Crippen molar-refractivity contribution in [2.24, 2.45) is 13.0 Å². The Labute approximate surface area is 108 Å². The normalized spacial score (nSPS) is 18.2. The predicted octanol–water partition coefficient (Wildman–Crippen LogP) is 3.37. The Morgan fingerprint density at radius 2 is 2.24 bits per heavy atom. The lowest BCUT2D eigenvalue weighted by atomic mass is 9.81. The second-order valence-electron chi connectivity index (χ2n) is 4.75. The van der Waals surface area contributed by atoms with Crippen LogP contribution in [0.3, 0.4) is 0 Å². The molecule has 17 heavy (non-hydrogen) atoms. The topological polar surface area (TPSA) is 35.1 Å². The number of halogens is 1. The molecule has 0 radical (unpaired) electrons. The van der Waals surface area contributed by atoms with E-state index in [0.717, 1.165) is 11.4 Å². The Hall–Kier alpha value is -1.03. The minimum absolute atomic E-state index is 0.299. The van der Waals surface area contributed by atoms with Crippen LogP contribution in [0.5, 0.6) is 0 Å². The van der Waals surface area contributed by atoms with Crippen LogP contribution >= 0.6 is 15.9 Å². The first-order valence-corrected chi connectivity index (χ1v) is 6.82. The van der Waals surface area contributed by atoms with E-state index in [-0.39, 0.29) is 5.76 Å². The van der Waals surface area contributed by atoms with Gasteiger partial charge in [-0.05, 0) is 36.5 Å². The number of nitrogens with zero attached hydrogens (tertiary/aromatic N) is 1. The monoisotopic (exact) mass is 295 g/mol. The van der Waals surface area contributed by atoms with E-state index in [0.29, 0.717) is 10.4 Å². The number of hydrogen-bond acceptors (Lipinski definition) is 2. The predicted molar refractivity (Wildman–Crippen MR) is 70.5 cm³/mol. The maximum Gasteiger partial charge on any atom is 0.419 e. The fourth-order valence-corrected chi connectivity index (χ4v) is 3.14. The molecule has 3 rings (SSSR count). The van der Waals surface area contributed by atoms with Crippen molar-refractivity contribution >= 4 is 27.0 Å². The second-order valence-corrected chi connectivity index (χ2v) is 5.73. The lowest BCUT2D eigenvalue weighted by Gasteiger charge is -2.30. The smallest absolute Gasteiger partial charge is 0.408 e. The third kappa shape index (κ3) is 1.75. The van der Waals surface area contributed by atoms with Gasteiger partial charge in [-0.15, -0.1) is 0 Å². The van der Waals surface area contributed by atoms with Crippen LogP contribution in [-0.4, -0.2) is 4.57 Å². The van der Waals surface area contributed by atoms with Gasteiger partial charge in [0.15, 0.2) is 5.58 Å². The van der Waals surface area contributed by atoms with E-state index in [4.69, 9.17) is 4.42 Å². The Kier molecular flexibility index (Phi) is 2.62. The quantitative estimate of drug-likeness (QED) is 0.796. The summed E-state index contributed by atoms with van der Waals surface area (Å²) in [6.07, 6.45) is 3.90. The van der Waals surface area contributed by atoms with Crippen molar-refractivity contribution in [2.75, 3.05) is 0 Å². The number of aryl methyl sites for hydroxylation is 1. The molecule has 1 saturated carbocycles. The third-order valence-corrected chi connectivity index (χ3v) is 4.97. The summed E-state index contributed by atoms with van der Waals surface area (Å²) in [6, 6.07) is 6.02. The van der Waals surface area contributed by atoms with Gasteiger partial charge < -0.3 is 4.42 Å². The van der Waals surface area contributed by atoms with Crippen molar-refractivity contribution in [2.45, 2.75) is 24.1 Å². The van der Waals surface area contributed by atoms with Crippen LogP contribution < -0.4 is 5.76 Å². The highest BCUT2D eigenvalue weighted by atomic mass is 79.9. The van der Waals surface area contributed by atoms with Crippen molar-refractivity contribution in [3.05, 3.63) is 34.3 Å². The van der Waals surface area contributed by atoms with E-state index < -0.39 is 0 Å². The molecule has 3 nitrogen and oxygen atoms in total. The average Bonchev–Trinajstić information content (AvgIpc) is 2.52. The van der Waals surface area contributed by atoms with E-state index in [1.54, 1.807) is 7.05 Å². The summed E-state index contributed by atoms with van der Waals surface area (Å²) >= 11 is 3.75. The largest absolute Gasteiger partial charge is 0.419 e. The maximum absolute atomic E-state index is 11.4. The molecule has 1 aliphatic rings. The van der Waals surface area contributed by atoms with E-state index in [2.05, 4.69) is 22.0 Å². The summed E-state index contributed by atoms with van der Waals surface area (Å²) in [5.41, 5.74) is 2.74. The van der Waals surface area contributed by atoms with Gasteiger partial charge in [0.05, 0.1) is 5.52 Å². The molecule has 1 fully saturated rings. The minimum atomic E-state index is -0.299. The first kappa shape index (κ1) is 11.1. The molecule has 1 heterocycles. The highest BCUT2D eigenvalue weighted by Crippen LogP contribution is 2.43. The number of aromatic nitrogens is 1. The van der Waals surface area contributed by atoms with E-state index in [1.807, 2.05) is 12.1 Å². The van der Waals surface area contributed by atoms with Crippen LogP contribution in [0.1, 0.15) is 29.7 Å². The number of hydrogen-bond donors (Lipinski definition) is 0. The SMILES string of the molecule is Cn1c(=O)oc2cc(C(Br)C3CCC3)ccc21. The van der Waals surface area contributed by atoms with Crippen LogP contribution in [0.25, 0.3) is 11.1 Å². The molecule has 1 aromatic heterocycles. The summed E-state index contributed by atoms with van der Waals surface area (Å²) in [5.74, 6) is 0.426. The number of rotatable bonds is 2. The van der Waals surface area contributed by atoms with E-state index in [9.17, 15) is 4.79 Å². The lowest BCUT2D eigenvalue weighted by Crippen LogP contribution is -2.16. The lowest BCUT2D eigenvalue weighted by molar-refractivity contribution is 0.312. The zero-order valence-electron chi connectivity index (χ0n) is 9.65. The van der Waals surface area contributed by atoms with Gasteiger partial charge in [-0.1, -0.05) is 28.4 Å². The van der Waals surface area contributed by atoms with Crippen LogP contribution in [-0.2, 0) is 7.05 Å². The van der Waals surface area contributed by atoms with Gasteiger partial charge in [0.2, 0.25) is 0 Å². The fourth-order valence-electron chi connectivity index (χ4n) is 2.33. The van der Waals surface area contributed by atoms with Gasteiger partial charge in [0.25, 0.3) is 0 Å². The van der Waals surface area contributed by atoms with E-state index in [1.165, 1.54) is 29.4 Å². The highest BCUT2D eigenvalue weighted by molar-refractivity contribution is 9.09. The maximum atomic E-state index is 11.4. The molecule has 0 bridgehead atoms. The third-order valence-electron chi connectivity index (χ3n) is 3.70. The van der Waals surface area contributed by atoms with Gasteiger partial charge in [0.1, 0.15) is 0 Å². The molecule has 4 heteroatoms. The van der Waals surface area contributed by atoms with Crippen LogP contribution in [0.4, 0.5) is 0 Å². The Morgan fingerprint density at radius 3 is 2.88 bits per heavy atom. The average molecular weight is 296 g/mol. The van der Waals surface area contributed by atoms with Crippen molar-refractivity contribution in [3.8, 4) is 0 Å². The van der Waals surface area contributed by atoms with Crippen LogP contribution in [0, 0.1) is 5.92 Å². The summed E-state index contributed by atoms with van der Waals surface area (Å²) in [7, 11) is 1.73. The molecular formula is C13H14BrNO2. The molecule has 0 aliphatic heterocycles. The molecule has 1 atom stereocenters. The number of oxazole rings is 1. The molecule has 1 aromatic carbocycles. The molecular weight excluding hydrogens is 282 g/mol. The Balaban J connectivity index is 2.04. The van der Waals surface area contributed by atoms with Gasteiger partial charge >= 0.3 is 5.76 Å². The van der Waals surface area contributed by atoms with Crippen molar-refractivity contribution in [3.63, 3.8) is 0 Å². The summed E-state index contributed by atoms with van der Waals surface area (Å²) in [4.78, 5) is 11.8. The Bertz CT molecular complexity index is 609. The van der Waals surface area contributed by atoms with Gasteiger partial charge in [-0.2, -0.15) is 0 Å². The molecule has 1 aliphatic carbocycles. The second kappa shape index (κ2) is 4.02. The summed E-state index contributed by atoms with van der Waals surface area (Å²) < 4.78 is 6.74. The molecule has 2 aromatic rings. The number of fused-ring (bicyclic) bond motifs is 1. The standard InChI is InChI=1S/C13H14BrNO2/c1-15-10-6-5-9(7-11(10)17-13(15)16)12(14)8-3-2-4-8/h5-8,12H,2-4H2,1H3. The summed E-state index contributed by atoms with van der Waals surface area (Å²) in [5, 5.41) is 0. The van der Waals surface area contributed by atoms with Crippen molar-refractivity contribution in [1.29, 1.82) is 0 Å². The van der Waals surface area contributed by atoms with Crippen LogP contribution in [0.15, 0.2) is 27.4 Å². The minimum Gasteiger partial charge on any atom is -0.408 e. The fraction of sp³-hybridized carbons (Fsp3) is 0.462. The van der Waals surface area contributed by atoms with E-state index >= 15 is 0 Å². The first-order chi connectivity index (χ1) is 8.16. The zero-order chi connectivity index (χ0) is 12.0. The van der Waals surface area contributed by atoms with Crippen LogP contribution in [0.2, 0.25) is 0 Å². The molecule has 0 amide bonds.